The van der Waals surface area contributed by atoms with Gasteiger partial charge < -0.3 is 16.3 Å². The number of hydrogen-bond donors (Lipinski definition) is 3. The second-order valence-corrected chi connectivity index (χ2v) is 2.68. The summed E-state index contributed by atoms with van der Waals surface area (Å²) in [4.78, 5) is 11.2. The van der Waals surface area contributed by atoms with Crippen LogP contribution in [0.1, 0.15) is 6.42 Å². The topological polar surface area (TPSA) is 87.7 Å². The first-order chi connectivity index (χ1) is 6.72. The molecule has 1 rings (SSSR count). The highest BCUT2D eigenvalue weighted by Crippen LogP contribution is 2.04. The first kappa shape index (κ1) is 10.0. The summed E-state index contributed by atoms with van der Waals surface area (Å²) in [5, 5.41) is 13.5. The number of oxime groups is 1. The lowest BCUT2D eigenvalue weighted by molar-refractivity contribution is -0.115. The Balaban J connectivity index is 2.50. The molecule has 0 heterocycles. The zero-order valence-corrected chi connectivity index (χ0v) is 7.47. The number of rotatable bonds is 3. The molecule has 5 nitrogen and oxygen atoms in total. The number of benzene rings is 1. The van der Waals surface area contributed by atoms with Crippen LogP contribution in [0.2, 0.25) is 0 Å². The number of carbonyl (C=O) groups excluding carboxylic acids is 1. The maximum atomic E-state index is 11.2. The van der Waals surface area contributed by atoms with E-state index in [0.717, 1.165) is 0 Å². The molecule has 1 aromatic carbocycles. The van der Waals surface area contributed by atoms with Gasteiger partial charge in [-0.2, -0.15) is 0 Å². The summed E-state index contributed by atoms with van der Waals surface area (Å²) >= 11 is 0. The second kappa shape index (κ2) is 4.86. The highest BCUT2D eigenvalue weighted by atomic mass is 16.4. The van der Waals surface area contributed by atoms with Crippen LogP contribution < -0.4 is 11.1 Å². The van der Waals surface area contributed by atoms with Crippen LogP contribution in [-0.4, -0.2) is 17.0 Å². The molecule has 0 aliphatic carbocycles. The van der Waals surface area contributed by atoms with Gasteiger partial charge >= 0.3 is 0 Å². The predicted octanol–water partition coefficient (Wildman–Crippen LogP) is 0.762. The highest BCUT2D eigenvalue weighted by Gasteiger charge is 2.04. The van der Waals surface area contributed by atoms with Gasteiger partial charge in [0.25, 0.3) is 0 Å². The highest BCUT2D eigenvalue weighted by molar-refractivity contribution is 6.04. The summed E-state index contributed by atoms with van der Waals surface area (Å²) in [5.41, 5.74) is 5.85. The fourth-order valence-corrected chi connectivity index (χ4v) is 0.927. The molecule has 0 saturated carbocycles. The minimum Gasteiger partial charge on any atom is -0.409 e. The van der Waals surface area contributed by atoms with Crippen LogP contribution in [0.15, 0.2) is 35.5 Å². The quantitative estimate of drug-likeness (QED) is 0.286. The zero-order chi connectivity index (χ0) is 10.4. The average Bonchev–Trinajstić information content (AvgIpc) is 2.19. The standard InChI is InChI=1S/C9H11N3O2/c10-8(12-14)6-9(13)11-7-4-2-1-3-5-7/h1-5,14H,6H2,(H2,10,12)(H,11,13). The SMILES string of the molecule is NC(CC(=O)Nc1ccccc1)=NO. The van der Waals surface area contributed by atoms with Gasteiger partial charge in [-0.15, -0.1) is 0 Å². The van der Waals surface area contributed by atoms with E-state index in [2.05, 4.69) is 10.5 Å². The molecule has 5 heteroatoms. The molecule has 0 aliphatic rings. The third-order valence-electron chi connectivity index (χ3n) is 1.53. The van der Waals surface area contributed by atoms with Gasteiger partial charge in [0.15, 0.2) is 0 Å². The average molecular weight is 193 g/mol. The summed E-state index contributed by atoms with van der Waals surface area (Å²) in [6.45, 7) is 0. The molecule has 0 fully saturated rings. The molecule has 0 aromatic heterocycles. The van der Waals surface area contributed by atoms with Gasteiger partial charge in [0.1, 0.15) is 5.84 Å². The molecule has 74 valence electrons. The van der Waals surface area contributed by atoms with Crippen molar-refractivity contribution in [2.24, 2.45) is 10.9 Å². The molecule has 0 bridgehead atoms. The number of hydrogen-bond acceptors (Lipinski definition) is 3. The van der Waals surface area contributed by atoms with Crippen molar-refractivity contribution in [2.45, 2.75) is 6.42 Å². The minimum absolute atomic E-state index is 0.113. The fraction of sp³-hybridized carbons (Fsp3) is 0.111. The third kappa shape index (κ3) is 3.14. The third-order valence-corrected chi connectivity index (χ3v) is 1.53. The number of amidine groups is 1. The fourth-order valence-electron chi connectivity index (χ4n) is 0.927. The van der Waals surface area contributed by atoms with Gasteiger partial charge in [-0.1, -0.05) is 23.4 Å². The maximum absolute atomic E-state index is 11.2. The Morgan fingerprint density at radius 3 is 2.64 bits per heavy atom. The number of nitrogens with one attached hydrogen (secondary N) is 1. The molecule has 1 aromatic rings. The van der Waals surface area contributed by atoms with Crippen LogP contribution >= 0.6 is 0 Å². The molecule has 14 heavy (non-hydrogen) atoms. The van der Waals surface area contributed by atoms with Crippen molar-refractivity contribution in [2.75, 3.05) is 5.32 Å². The maximum Gasteiger partial charge on any atom is 0.232 e. The van der Waals surface area contributed by atoms with Gasteiger partial charge in [-0.25, -0.2) is 0 Å². The van der Waals surface area contributed by atoms with Gasteiger partial charge in [0.05, 0.1) is 6.42 Å². The van der Waals surface area contributed by atoms with Gasteiger partial charge in [-0.3, -0.25) is 4.79 Å². The van der Waals surface area contributed by atoms with Crippen LogP contribution in [0, 0.1) is 0 Å². The Morgan fingerprint density at radius 2 is 2.07 bits per heavy atom. The van der Waals surface area contributed by atoms with Crippen molar-refractivity contribution >= 4 is 17.4 Å². The lowest BCUT2D eigenvalue weighted by Gasteiger charge is -2.03. The van der Waals surface area contributed by atoms with E-state index in [-0.39, 0.29) is 18.2 Å². The predicted molar refractivity (Wildman–Crippen MR) is 53.1 cm³/mol. The van der Waals surface area contributed by atoms with E-state index in [1.54, 1.807) is 24.3 Å². The van der Waals surface area contributed by atoms with Crippen LogP contribution in [-0.2, 0) is 4.79 Å². The van der Waals surface area contributed by atoms with E-state index in [0.29, 0.717) is 5.69 Å². The number of nitrogens with two attached hydrogens (primary N) is 1. The van der Waals surface area contributed by atoms with Gasteiger partial charge in [-0.05, 0) is 12.1 Å². The smallest absolute Gasteiger partial charge is 0.232 e. The van der Waals surface area contributed by atoms with Crippen LogP contribution in [0.25, 0.3) is 0 Å². The first-order valence-corrected chi connectivity index (χ1v) is 4.03. The van der Waals surface area contributed by atoms with Crippen molar-refractivity contribution in [1.82, 2.24) is 0 Å². The largest absolute Gasteiger partial charge is 0.409 e. The summed E-state index contributed by atoms with van der Waals surface area (Å²) < 4.78 is 0. The van der Waals surface area contributed by atoms with E-state index in [1.807, 2.05) is 6.07 Å². The number of para-hydroxylation sites is 1. The molecular weight excluding hydrogens is 182 g/mol. The molecule has 0 saturated heterocycles. The molecule has 0 unspecified atom stereocenters. The van der Waals surface area contributed by atoms with E-state index in [9.17, 15) is 4.79 Å². The Kier molecular flexibility index (Phi) is 3.49. The number of nitrogens with zero attached hydrogens (tertiary/aromatic N) is 1. The molecule has 0 radical (unpaired) electrons. The molecule has 0 aliphatic heterocycles. The Morgan fingerprint density at radius 1 is 1.43 bits per heavy atom. The summed E-state index contributed by atoms with van der Waals surface area (Å²) in [7, 11) is 0. The minimum atomic E-state index is -0.313. The van der Waals surface area contributed by atoms with Gasteiger partial charge in [0.2, 0.25) is 5.91 Å². The number of carbonyl (C=O) groups is 1. The monoisotopic (exact) mass is 193 g/mol. The van der Waals surface area contributed by atoms with Crippen LogP contribution in [0.4, 0.5) is 5.69 Å². The Labute approximate surface area is 81.2 Å². The molecule has 1 amide bonds. The van der Waals surface area contributed by atoms with Crippen LogP contribution in [0.5, 0.6) is 0 Å². The Bertz CT molecular complexity index is 335. The summed E-state index contributed by atoms with van der Waals surface area (Å²) in [6.07, 6.45) is -0.120. The van der Waals surface area contributed by atoms with Crippen molar-refractivity contribution in [1.29, 1.82) is 0 Å². The molecular formula is C9H11N3O2. The lowest BCUT2D eigenvalue weighted by atomic mass is 10.3. The summed E-state index contributed by atoms with van der Waals surface area (Å²) in [6, 6.07) is 8.96. The second-order valence-electron chi connectivity index (χ2n) is 2.68. The molecule has 0 atom stereocenters. The van der Waals surface area contributed by atoms with Gasteiger partial charge in [0, 0.05) is 5.69 Å². The van der Waals surface area contributed by atoms with Crippen molar-refractivity contribution in [3.8, 4) is 0 Å². The van der Waals surface area contributed by atoms with Crippen LogP contribution in [0.3, 0.4) is 0 Å². The summed E-state index contributed by atoms with van der Waals surface area (Å²) in [5.74, 6) is -0.426. The van der Waals surface area contributed by atoms with Crippen molar-refractivity contribution < 1.29 is 10.0 Å². The Hall–Kier alpha value is -2.04. The van der Waals surface area contributed by atoms with Crippen molar-refractivity contribution in [3.05, 3.63) is 30.3 Å². The van der Waals surface area contributed by atoms with E-state index in [4.69, 9.17) is 10.9 Å². The first-order valence-electron chi connectivity index (χ1n) is 4.03. The number of amides is 1. The van der Waals surface area contributed by atoms with E-state index >= 15 is 0 Å². The molecule has 0 spiro atoms. The zero-order valence-electron chi connectivity index (χ0n) is 7.47. The van der Waals surface area contributed by atoms with E-state index in [1.165, 1.54) is 0 Å². The van der Waals surface area contributed by atoms with E-state index < -0.39 is 0 Å². The normalized spacial score (nSPS) is 11.0. The number of anilines is 1. The molecule has 4 N–H and O–H groups in total. The lowest BCUT2D eigenvalue weighted by Crippen LogP contribution is -2.21. The van der Waals surface area contributed by atoms with Crippen molar-refractivity contribution in [3.63, 3.8) is 0 Å².